The fraction of sp³-hybridized carbons (Fsp3) is 0.421. The standard InChI is InChI=1S/C19H24ClN5O/c1-4-25(5-2)10-6-9-21-17-14-11-13(20)7-8-15(14)23-18-16(17)12(3)22-19(26)24-18/h7-8,11H,4-6,9-10H2,1-3H3,(H2,21,22,23,24,26). The highest BCUT2D eigenvalue weighted by Gasteiger charge is 2.14. The molecule has 0 aliphatic heterocycles. The number of aryl methyl sites for hydroxylation is 1. The van der Waals surface area contributed by atoms with Crippen LogP contribution in [-0.2, 0) is 0 Å². The monoisotopic (exact) mass is 373 g/mol. The van der Waals surface area contributed by atoms with Crippen LogP contribution in [0.25, 0.3) is 21.9 Å². The third-order valence-electron chi connectivity index (χ3n) is 4.65. The molecule has 2 heterocycles. The van der Waals surface area contributed by atoms with E-state index in [2.05, 4.69) is 39.0 Å². The summed E-state index contributed by atoms with van der Waals surface area (Å²) in [5.74, 6) is 0. The Morgan fingerprint density at radius 2 is 2.00 bits per heavy atom. The molecule has 7 heteroatoms. The molecule has 0 atom stereocenters. The summed E-state index contributed by atoms with van der Waals surface area (Å²) in [6, 6.07) is 5.56. The van der Waals surface area contributed by atoms with Gasteiger partial charge < -0.3 is 15.2 Å². The van der Waals surface area contributed by atoms with Gasteiger partial charge in [0.1, 0.15) is 0 Å². The van der Waals surface area contributed by atoms with Crippen LogP contribution < -0.4 is 11.0 Å². The van der Waals surface area contributed by atoms with Crippen molar-refractivity contribution in [2.24, 2.45) is 0 Å². The lowest BCUT2D eigenvalue weighted by Gasteiger charge is -2.19. The number of H-pyrrole nitrogens is 1. The molecule has 0 spiro atoms. The van der Waals surface area contributed by atoms with Gasteiger partial charge in [0.25, 0.3) is 0 Å². The average molecular weight is 374 g/mol. The quantitative estimate of drug-likeness (QED) is 0.489. The molecule has 3 aromatic rings. The largest absolute Gasteiger partial charge is 0.384 e. The van der Waals surface area contributed by atoms with Gasteiger partial charge in [0, 0.05) is 22.6 Å². The maximum atomic E-state index is 11.8. The molecule has 0 unspecified atom stereocenters. The zero-order chi connectivity index (χ0) is 18.7. The molecule has 26 heavy (non-hydrogen) atoms. The van der Waals surface area contributed by atoms with Crippen LogP contribution in [0.3, 0.4) is 0 Å². The van der Waals surface area contributed by atoms with Crippen molar-refractivity contribution in [2.45, 2.75) is 27.2 Å². The normalized spacial score (nSPS) is 11.6. The number of rotatable bonds is 7. The van der Waals surface area contributed by atoms with Crippen LogP contribution in [0.5, 0.6) is 0 Å². The Morgan fingerprint density at radius 3 is 2.73 bits per heavy atom. The van der Waals surface area contributed by atoms with Crippen LogP contribution in [0, 0.1) is 6.92 Å². The number of anilines is 1. The van der Waals surface area contributed by atoms with Gasteiger partial charge in [-0.25, -0.2) is 9.78 Å². The predicted molar refractivity (Wildman–Crippen MR) is 108 cm³/mol. The van der Waals surface area contributed by atoms with E-state index in [4.69, 9.17) is 11.6 Å². The average Bonchev–Trinajstić information content (AvgIpc) is 2.61. The van der Waals surface area contributed by atoms with Gasteiger partial charge in [0.05, 0.1) is 16.6 Å². The third kappa shape index (κ3) is 3.81. The topological polar surface area (TPSA) is 73.9 Å². The van der Waals surface area contributed by atoms with E-state index >= 15 is 0 Å². The zero-order valence-electron chi connectivity index (χ0n) is 15.4. The summed E-state index contributed by atoms with van der Waals surface area (Å²) in [7, 11) is 0. The summed E-state index contributed by atoms with van der Waals surface area (Å²) in [5.41, 5.74) is 2.51. The van der Waals surface area contributed by atoms with E-state index in [0.29, 0.717) is 10.7 Å². The summed E-state index contributed by atoms with van der Waals surface area (Å²) in [6.45, 7) is 10.2. The van der Waals surface area contributed by atoms with E-state index in [1.807, 2.05) is 19.1 Å². The molecule has 0 saturated carbocycles. The molecule has 2 N–H and O–H groups in total. The number of benzene rings is 1. The minimum absolute atomic E-state index is 0.386. The molecule has 6 nitrogen and oxygen atoms in total. The Morgan fingerprint density at radius 1 is 1.23 bits per heavy atom. The second-order valence-corrected chi connectivity index (χ2v) is 6.76. The number of nitrogens with one attached hydrogen (secondary N) is 2. The second-order valence-electron chi connectivity index (χ2n) is 6.32. The van der Waals surface area contributed by atoms with Crippen molar-refractivity contribution in [3.05, 3.63) is 39.4 Å². The van der Waals surface area contributed by atoms with Crippen molar-refractivity contribution in [3.63, 3.8) is 0 Å². The minimum atomic E-state index is -0.386. The van der Waals surface area contributed by atoms with Crippen molar-refractivity contribution in [3.8, 4) is 0 Å². The molecular formula is C19H24ClN5O. The molecule has 138 valence electrons. The number of aromatic nitrogens is 3. The van der Waals surface area contributed by atoms with E-state index in [1.165, 1.54) is 0 Å². The second kappa shape index (κ2) is 8.01. The number of halogens is 1. The SMILES string of the molecule is CCN(CC)CCCNc1c2cc(Cl)ccc2nc2nc(=O)[nH]c(C)c12. The van der Waals surface area contributed by atoms with Crippen LogP contribution in [0.4, 0.5) is 5.69 Å². The van der Waals surface area contributed by atoms with E-state index in [0.717, 1.165) is 60.3 Å². The first-order valence-corrected chi connectivity index (χ1v) is 9.37. The van der Waals surface area contributed by atoms with Crippen LogP contribution in [-0.4, -0.2) is 46.0 Å². The van der Waals surface area contributed by atoms with Gasteiger partial charge in [-0.05, 0) is 51.2 Å². The van der Waals surface area contributed by atoms with Crippen LogP contribution in [0.2, 0.25) is 5.02 Å². The van der Waals surface area contributed by atoms with Gasteiger partial charge in [-0.15, -0.1) is 0 Å². The maximum absolute atomic E-state index is 11.8. The van der Waals surface area contributed by atoms with Crippen molar-refractivity contribution >= 4 is 39.2 Å². The van der Waals surface area contributed by atoms with Gasteiger partial charge in [-0.2, -0.15) is 4.98 Å². The lowest BCUT2D eigenvalue weighted by molar-refractivity contribution is 0.303. The summed E-state index contributed by atoms with van der Waals surface area (Å²) >= 11 is 6.21. The first-order chi connectivity index (χ1) is 12.5. The number of pyridine rings is 1. The maximum Gasteiger partial charge on any atom is 0.347 e. The Labute approximate surface area is 157 Å². The van der Waals surface area contributed by atoms with Crippen molar-refractivity contribution in [2.75, 3.05) is 31.5 Å². The van der Waals surface area contributed by atoms with Crippen molar-refractivity contribution in [1.29, 1.82) is 0 Å². The fourth-order valence-electron chi connectivity index (χ4n) is 3.25. The van der Waals surface area contributed by atoms with Crippen LogP contribution in [0.15, 0.2) is 23.0 Å². The van der Waals surface area contributed by atoms with Crippen molar-refractivity contribution < 1.29 is 0 Å². The highest BCUT2D eigenvalue weighted by Crippen LogP contribution is 2.32. The predicted octanol–water partition coefficient (Wildman–Crippen LogP) is 3.58. The van der Waals surface area contributed by atoms with Crippen molar-refractivity contribution in [1.82, 2.24) is 19.9 Å². The number of hydrogen-bond acceptors (Lipinski definition) is 5. The van der Waals surface area contributed by atoms with E-state index in [9.17, 15) is 4.79 Å². The molecule has 2 aromatic heterocycles. The van der Waals surface area contributed by atoms with Gasteiger partial charge >= 0.3 is 5.69 Å². The van der Waals surface area contributed by atoms with E-state index < -0.39 is 0 Å². The molecule has 0 aliphatic carbocycles. The highest BCUT2D eigenvalue weighted by atomic mass is 35.5. The molecule has 0 bridgehead atoms. The molecule has 3 rings (SSSR count). The number of hydrogen-bond donors (Lipinski definition) is 2. The first-order valence-electron chi connectivity index (χ1n) is 8.99. The number of aromatic amines is 1. The summed E-state index contributed by atoms with van der Waals surface area (Å²) in [6.07, 6.45) is 1.02. The first kappa shape index (κ1) is 18.6. The van der Waals surface area contributed by atoms with Gasteiger partial charge in [-0.3, -0.25) is 0 Å². The highest BCUT2D eigenvalue weighted by molar-refractivity contribution is 6.31. The smallest absolute Gasteiger partial charge is 0.347 e. The zero-order valence-corrected chi connectivity index (χ0v) is 16.2. The van der Waals surface area contributed by atoms with Gasteiger partial charge in [-0.1, -0.05) is 25.4 Å². The molecular weight excluding hydrogens is 350 g/mol. The Hall–Kier alpha value is -2.18. The molecule has 0 radical (unpaired) electrons. The van der Waals surface area contributed by atoms with E-state index in [1.54, 1.807) is 6.07 Å². The molecule has 0 aliphatic rings. The summed E-state index contributed by atoms with van der Waals surface area (Å²) < 4.78 is 0. The minimum Gasteiger partial charge on any atom is -0.384 e. The molecule has 0 amide bonds. The number of fused-ring (bicyclic) bond motifs is 2. The molecule has 0 fully saturated rings. The van der Waals surface area contributed by atoms with E-state index in [-0.39, 0.29) is 5.69 Å². The summed E-state index contributed by atoms with van der Waals surface area (Å²) in [5, 5.41) is 5.96. The van der Waals surface area contributed by atoms with Gasteiger partial charge in [0.15, 0.2) is 5.65 Å². The number of nitrogens with zero attached hydrogens (tertiary/aromatic N) is 3. The fourth-order valence-corrected chi connectivity index (χ4v) is 3.42. The lowest BCUT2D eigenvalue weighted by atomic mass is 10.1. The van der Waals surface area contributed by atoms with Crippen LogP contribution in [0.1, 0.15) is 26.0 Å². The Bertz CT molecular complexity index is 981. The molecule has 1 aromatic carbocycles. The Kier molecular flexibility index (Phi) is 5.74. The molecule has 0 saturated heterocycles. The van der Waals surface area contributed by atoms with Crippen LogP contribution >= 0.6 is 11.6 Å². The Balaban J connectivity index is 2.02. The van der Waals surface area contributed by atoms with Gasteiger partial charge in [0.2, 0.25) is 0 Å². The lowest BCUT2D eigenvalue weighted by Crippen LogP contribution is -2.25. The third-order valence-corrected chi connectivity index (χ3v) is 4.89. The summed E-state index contributed by atoms with van der Waals surface area (Å²) in [4.78, 5) is 25.5.